The quantitative estimate of drug-likeness (QED) is 0.570. The highest BCUT2D eigenvalue weighted by Gasteiger charge is 2.19. The van der Waals surface area contributed by atoms with Gasteiger partial charge in [-0.1, -0.05) is 18.2 Å². The average molecular weight is 348 g/mol. The molecule has 0 aliphatic carbocycles. The van der Waals surface area contributed by atoms with Crippen LogP contribution in [0.15, 0.2) is 60.0 Å². The maximum atomic E-state index is 12.8. The highest BCUT2D eigenvalue weighted by molar-refractivity contribution is 5.73. The zero-order chi connectivity index (χ0) is 18.3. The van der Waals surface area contributed by atoms with Crippen LogP contribution in [0.4, 0.5) is 0 Å². The molecule has 0 bridgehead atoms. The fourth-order valence-corrected chi connectivity index (χ4v) is 2.91. The lowest BCUT2D eigenvalue weighted by Gasteiger charge is -2.19. The lowest BCUT2D eigenvalue weighted by atomic mass is 10.1. The summed E-state index contributed by atoms with van der Waals surface area (Å²) < 4.78 is 5.16. The van der Waals surface area contributed by atoms with Gasteiger partial charge in [0.2, 0.25) is 0 Å². The molecule has 3 heterocycles. The van der Waals surface area contributed by atoms with Gasteiger partial charge in [-0.3, -0.25) is 9.36 Å². The summed E-state index contributed by atoms with van der Waals surface area (Å²) in [6, 6.07) is 9.86. The fourth-order valence-electron chi connectivity index (χ4n) is 2.91. The maximum absolute atomic E-state index is 12.8. The van der Waals surface area contributed by atoms with Crippen LogP contribution in [-0.4, -0.2) is 29.1 Å². The zero-order valence-electron chi connectivity index (χ0n) is 15.0. The van der Waals surface area contributed by atoms with Crippen LogP contribution in [0.5, 0.6) is 0 Å². The second kappa shape index (κ2) is 5.94. The molecule has 0 spiro atoms. The van der Waals surface area contributed by atoms with E-state index in [0.717, 1.165) is 11.3 Å². The van der Waals surface area contributed by atoms with Crippen LogP contribution in [0.1, 0.15) is 26.3 Å². The number of para-hydroxylation sites is 1. The maximum Gasteiger partial charge on any atom is 0.264 e. The number of rotatable bonds is 3. The minimum Gasteiger partial charge on any atom is -0.294 e. The van der Waals surface area contributed by atoms with E-state index in [0.29, 0.717) is 17.6 Å². The Morgan fingerprint density at radius 2 is 1.81 bits per heavy atom. The second-order valence-corrected chi connectivity index (χ2v) is 7.27. The normalized spacial score (nSPS) is 12.0. The van der Waals surface area contributed by atoms with E-state index in [4.69, 9.17) is 0 Å². The van der Waals surface area contributed by atoms with Crippen LogP contribution in [0.2, 0.25) is 0 Å². The van der Waals surface area contributed by atoms with Crippen molar-refractivity contribution in [2.45, 2.75) is 32.9 Å². The first-order valence-corrected chi connectivity index (χ1v) is 8.46. The Hall–Kier alpha value is -3.22. The van der Waals surface area contributed by atoms with E-state index in [-0.39, 0.29) is 11.1 Å². The van der Waals surface area contributed by atoms with Gasteiger partial charge in [0.05, 0.1) is 30.2 Å². The molecule has 4 aromatic rings. The molecule has 7 nitrogen and oxygen atoms in total. The molecule has 0 atom stereocenters. The minimum atomic E-state index is -0.232. The lowest BCUT2D eigenvalue weighted by molar-refractivity contribution is 0.365. The second-order valence-electron chi connectivity index (χ2n) is 7.27. The highest BCUT2D eigenvalue weighted by Crippen LogP contribution is 2.18. The third kappa shape index (κ3) is 2.81. The largest absolute Gasteiger partial charge is 0.294 e. The summed E-state index contributed by atoms with van der Waals surface area (Å²) in [5.74, 6) is 0. The molecule has 4 rings (SSSR count). The first kappa shape index (κ1) is 16.3. The van der Waals surface area contributed by atoms with E-state index >= 15 is 0 Å². The van der Waals surface area contributed by atoms with E-state index in [1.165, 1.54) is 0 Å². The highest BCUT2D eigenvalue weighted by atomic mass is 16.1. The van der Waals surface area contributed by atoms with Gasteiger partial charge >= 0.3 is 0 Å². The molecule has 0 fully saturated rings. The van der Waals surface area contributed by atoms with Gasteiger partial charge in [0.25, 0.3) is 5.56 Å². The number of fused-ring (bicyclic) bond motifs is 1. The van der Waals surface area contributed by atoms with Gasteiger partial charge in [0.15, 0.2) is 5.65 Å². The molecule has 0 aliphatic rings. The van der Waals surface area contributed by atoms with Crippen LogP contribution in [0, 0.1) is 0 Å². The smallest absolute Gasteiger partial charge is 0.264 e. The number of hydrogen-bond acceptors (Lipinski definition) is 4. The standard InChI is InChI=1S/C19H20N6O/c1-19(2,3)25-17-16(10-22-25)18(26)23(13-20-17)11-14-9-21-24(12-14)15-7-5-4-6-8-15/h4-10,12-13H,11H2,1-3H3. The molecule has 0 aliphatic heterocycles. The Morgan fingerprint density at radius 3 is 2.54 bits per heavy atom. The number of aromatic nitrogens is 6. The molecule has 0 saturated heterocycles. The van der Waals surface area contributed by atoms with Gasteiger partial charge in [0.1, 0.15) is 11.7 Å². The van der Waals surface area contributed by atoms with Crippen molar-refractivity contribution >= 4 is 11.0 Å². The van der Waals surface area contributed by atoms with Crippen LogP contribution in [0.25, 0.3) is 16.7 Å². The Morgan fingerprint density at radius 1 is 1.04 bits per heavy atom. The summed E-state index contributed by atoms with van der Waals surface area (Å²) in [5, 5.41) is 9.24. The molecule has 0 N–H and O–H groups in total. The van der Waals surface area contributed by atoms with Crippen molar-refractivity contribution in [1.82, 2.24) is 29.1 Å². The Labute approximate surface area is 150 Å². The monoisotopic (exact) mass is 348 g/mol. The van der Waals surface area contributed by atoms with Crippen molar-refractivity contribution in [3.63, 3.8) is 0 Å². The van der Waals surface area contributed by atoms with Crippen molar-refractivity contribution in [1.29, 1.82) is 0 Å². The number of hydrogen-bond donors (Lipinski definition) is 0. The minimum absolute atomic E-state index is 0.0991. The summed E-state index contributed by atoms with van der Waals surface area (Å²) in [6.45, 7) is 6.51. The first-order valence-electron chi connectivity index (χ1n) is 8.46. The van der Waals surface area contributed by atoms with Gasteiger partial charge < -0.3 is 0 Å². The van der Waals surface area contributed by atoms with Crippen LogP contribution in [0.3, 0.4) is 0 Å². The van der Waals surface area contributed by atoms with Gasteiger partial charge in [-0.25, -0.2) is 14.3 Å². The number of benzene rings is 1. The summed E-state index contributed by atoms with van der Waals surface area (Å²) in [7, 11) is 0. The van der Waals surface area contributed by atoms with Gasteiger partial charge in [0, 0.05) is 11.8 Å². The van der Waals surface area contributed by atoms with Gasteiger partial charge in [-0.15, -0.1) is 0 Å². The van der Waals surface area contributed by atoms with Crippen molar-refractivity contribution < 1.29 is 0 Å². The van der Waals surface area contributed by atoms with Crippen LogP contribution >= 0.6 is 0 Å². The molecule has 0 amide bonds. The summed E-state index contributed by atoms with van der Waals surface area (Å²) in [6.07, 6.45) is 6.86. The van der Waals surface area contributed by atoms with Gasteiger partial charge in [-0.05, 0) is 32.9 Å². The zero-order valence-corrected chi connectivity index (χ0v) is 15.0. The topological polar surface area (TPSA) is 70.5 Å². The molecule has 0 unspecified atom stereocenters. The van der Waals surface area contributed by atoms with E-state index in [2.05, 4.69) is 15.2 Å². The molecular weight excluding hydrogens is 328 g/mol. The molecule has 0 saturated carbocycles. The molecule has 3 aromatic heterocycles. The van der Waals surface area contributed by atoms with Crippen molar-refractivity contribution in [2.75, 3.05) is 0 Å². The van der Waals surface area contributed by atoms with Crippen molar-refractivity contribution in [3.05, 3.63) is 71.2 Å². The molecular formula is C19H20N6O. The van der Waals surface area contributed by atoms with E-state index in [9.17, 15) is 4.79 Å². The Bertz CT molecular complexity index is 1110. The fraction of sp³-hybridized carbons (Fsp3) is 0.263. The summed E-state index contributed by atoms with van der Waals surface area (Å²) in [4.78, 5) is 17.3. The summed E-state index contributed by atoms with van der Waals surface area (Å²) >= 11 is 0. The third-order valence-electron chi connectivity index (χ3n) is 4.20. The summed E-state index contributed by atoms with van der Waals surface area (Å²) in [5.41, 5.74) is 2.19. The van der Waals surface area contributed by atoms with E-state index < -0.39 is 0 Å². The van der Waals surface area contributed by atoms with E-state index in [1.54, 1.807) is 32.7 Å². The average Bonchev–Trinajstić information content (AvgIpc) is 3.25. The van der Waals surface area contributed by atoms with Crippen LogP contribution in [-0.2, 0) is 12.1 Å². The predicted octanol–water partition coefficient (Wildman–Crippen LogP) is 2.58. The first-order chi connectivity index (χ1) is 12.4. The van der Waals surface area contributed by atoms with Crippen molar-refractivity contribution in [2.24, 2.45) is 0 Å². The predicted molar refractivity (Wildman–Crippen MR) is 99.5 cm³/mol. The SMILES string of the molecule is CC(C)(C)n1ncc2c(=O)n(Cc3cnn(-c4ccccc4)c3)cnc21. The molecule has 0 radical (unpaired) electrons. The third-order valence-corrected chi connectivity index (χ3v) is 4.20. The van der Waals surface area contributed by atoms with Crippen LogP contribution < -0.4 is 5.56 Å². The van der Waals surface area contributed by atoms with Crippen molar-refractivity contribution in [3.8, 4) is 5.69 Å². The molecule has 26 heavy (non-hydrogen) atoms. The van der Waals surface area contributed by atoms with Gasteiger partial charge in [-0.2, -0.15) is 10.2 Å². The number of nitrogens with zero attached hydrogens (tertiary/aromatic N) is 6. The Balaban J connectivity index is 1.67. The van der Waals surface area contributed by atoms with E-state index in [1.807, 2.05) is 57.3 Å². The molecule has 132 valence electrons. The Kier molecular flexibility index (Phi) is 3.72. The lowest BCUT2D eigenvalue weighted by Crippen LogP contribution is -2.25. The molecule has 1 aromatic carbocycles. The molecule has 7 heteroatoms.